The highest BCUT2D eigenvalue weighted by Crippen LogP contribution is 2.21. The van der Waals surface area contributed by atoms with Crippen molar-refractivity contribution in [2.45, 2.75) is 31.8 Å². The fourth-order valence-corrected chi connectivity index (χ4v) is 4.76. The van der Waals surface area contributed by atoms with E-state index in [0.717, 1.165) is 32.6 Å². The number of rotatable bonds is 5. The summed E-state index contributed by atoms with van der Waals surface area (Å²) in [6, 6.07) is 11.3. The van der Waals surface area contributed by atoms with E-state index < -0.39 is 10.0 Å². The fraction of sp³-hybridized carbons (Fsp3) is 0.667. The summed E-state index contributed by atoms with van der Waals surface area (Å²) in [5, 5.41) is 0. The Morgan fingerprint density at radius 3 is 2.54 bits per heavy atom. The molecule has 2 fully saturated rings. The first-order valence-corrected chi connectivity index (χ1v) is 10.8. The van der Waals surface area contributed by atoms with Crippen LogP contribution in [0.4, 0.5) is 0 Å². The van der Waals surface area contributed by atoms with E-state index in [4.69, 9.17) is 0 Å². The Bertz CT molecular complexity index is 620. The van der Waals surface area contributed by atoms with Gasteiger partial charge in [0.25, 0.3) is 0 Å². The van der Waals surface area contributed by atoms with Crippen LogP contribution in [0.15, 0.2) is 30.3 Å². The Kier molecular flexibility index (Phi) is 5.92. The van der Waals surface area contributed by atoms with Crippen LogP contribution in [-0.4, -0.2) is 74.1 Å². The highest BCUT2D eigenvalue weighted by Gasteiger charge is 2.28. The predicted octanol–water partition coefficient (Wildman–Crippen LogP) is 1.62. The Hall–Kier alpha value is -0.950. The highest BCUT2D eigenvalue weighted by atomic mass is 32.2. The molecule has 2 aliphatic rings. The van der Waals surface area contributed by atoms with Crippen LogP contribution in [-0.2, 0) is 16.6 Å². The fourth-order valence-electron chi connectivity index (χ4n) is 3.89. The summed E-state index contributed by atoms with van der Waals surface area (Å²) in [7, 11) is -3.06. The van der Waals surface area contributed by atoms with E-state index in [9.17, 15) is 8.42 Å². The van der Waals surface area contributed by atoms with Gasteiger partial charge in [0.05, 0.1) is 6.26 Å². The van der Waals surface area contributed by atoms with Gasteiger partial charge in [0.15, 0.2) is 0 Å². The molecular weight excluding hydrogens is 322 g/mol. The van der Waals surface area contributed by atoms with Gasteiger partial charge in [-0.3, -0.25) is 4.90 Å². The number of benzene rings is 1. The van der Waals surface area contributed by atoms with Crippen LogP contribution in [0.2, 0.25) is 0 Å². The largest absolute Gasteiger partial charge is 0.300 e. The molecule has 6 heteroatoms. The van der Waals surface area contributed by atoms with Gasteiger partial charge in [-0.05, 0) is 37.9 Å². The van der Waals surface area contributed by atoms with E-state index in [2.05, 4.69) is 40.1 Å². The molecule has 24 heavy (non-hydrogen) atoms. The van der Waals surface area contributed by atoms with Gasteiger partial charge in [0.2, 0.25) is 10.0 Å². The highest BCUT2D eigenvalue weighted by molar-refractivity contribution is 7.88. The number of sulfonamides is 1. The first-order chi connectivity index (χ1) is 11.5. The first kappa shape index (κ1) is 17.9. The van der Waals surface area contributed by atoms with Crippen molar-refractivity contribution < 1.29 is 8.42 Å². The number of nitrogens with zero attached hydrogens (tertiary/aromatic N) is 3. The number of hydrogen-bond donors (Lipinski definition) is 0. The van der Waals surface area contributed by atoms with E-state index in [-0.39, 0.29) is 0 Å². The second-order valence-corrected chi connectivity index (χ2v) is 9.05. The molecule has 1 aromatic rings. The standard InChI is InChI=1S/C18H29N3O2S/c1-24(22,23)21-12-6-10-19(13-14-21)16-18-9-5-11-20(18)15-17-7-3-2-4-8-17/h2-4,7-8,18H,5-6,9-16H2,1H3/t18-/m1/s1. The second kappa shape index (κ2) is 7.95. The third-order valence-corrected chi connectivity index (χ3v) is 6.52. The van der Waals surface area contributed by atoms with Crippen molar-refractivity contribution in [3.63, 3.8) is 0 Å². The molecule has 2 saturated heterocycles. The lowest BCUT2D eigenvalue weighted by Crippen LogP contribution is -2.42. The topological polar surface area (TPSA) is 43.9 Å². The van der Waals surface area contributed by atoms with Crippen LogP contribution in [0.5, 0.6) is 0 Å². The zero-order valence-electron chi connectivity index (χ0n) is 14.6. The normalized spacial score (nSPS) is 25.0. The number of likely N-dealkylation sites (tertiary alicyclic amines) is 1. The van der Waals surface area contributed by atoms with Crippen molar-refractivity contribution >= 4 is 10.0 Å². The van der Waals surface area contributed by atoms with Gasteiger partial charge in [-0.1, -0.05) is 30.3 Å². The molecule has 1 aromatic carbocycles. The monoisotopic (exact) mass is 351 g/mol. The van der Waals surface area contributed by atoms with Crippen LogP contribution in [0, 0.1) is 0 Å². The van der Waals surface area contributed by atoms with Crippen molar-refractivity contribution in [3.05, 3.63) is 35.9 Å². The minimum absolute atomic E-state index is 0.593. The maximum Gasteiger partial charge on any atom is 0.211 e. The second-order valence-electron chi connectivity index (χ2n) is 7.07. The summed E-state index contributed by atoms with van der Waals surface area (Å²) < 4.78 is 25.1. The van der Waals surface area contributed by atoms with Gasteiger partial charge in [0, 0.05) is 38.8 Å². The minimum Gasteiger partial charge on any atom is -0.300 e. The molecule has 1 atom stereocenters. The van der Waals surface area contributed by atoms with Crippen LogP contribution >= 0.6 is 0 Å². The third-order valence-electron chi connectivity index (χ3n) is 5.21. The molecule has 0 aliphatic carbocycles. The van der Waals surface area contributed by atoms with Gasteiger partial charge in [-0.2, -0.15) is 0 Å². The first-order valence-electron chi connectivity index (χ1n) is 8.98. The molecular formula is C18H29N3O2S. The van der Waals surface area contributed by atoms with Crippen molar-refractivity contribution in [3.8, 4) is 0 Å². The van der Waals surface area contributed by atoms with Crippen LogP contribution < -0.4 is 0 Å². The van der Waals surface area contributed by atoms with E-state index in [1.807, 2.05) is 0 Å². The van der Waals surface area contributed by atoms with E-state index >= 15 is 0 Å². The molecule has 0 aromatic heterocycles. The van der Waals surface area contributed by atoms with E-state index in [0.29, 0.717) is 19.1 Å². The van der Waals surface area contributed by atoms with Gasteiger partial charge >= 0.3 is 0 Å². The summed E-state index contributed by atoms with van der Waals surface area (Å²) in [6.45, 7) is 6.39. The summed E-state index contributed by atoms with van der Waals surface area (Å²) in [6.07, 6.45) is 4.76. The maximum absolute atomic E-state index is 11.7. The summed E-state index contributed by atoms with van der Waals surface area (Å²) >= 11 is 0. The summed E-state index contributed by atoms with van der Waals surface area (Å²) in [5.41, 5.74) is 1.38. The summed E-state index contributed by atoms with van der Waals surface area (Å²) in [4.78, 5) is 5.05. The Morgan fingerprint density at radius 1 is 1.00 bits per heavy atom. The minimum atomic E-state index is -3.06. The van der Waals surface area contributed by atoms with Crippen LogP contribution in [0.25, 0.3) is 0 Å². The quantitative estimate of drug-likeness (QED) is 0.809. The van der Waals surface area contributed by atoms with E-state index in [1.54, 1.807) is 4.31 Å². The molecule has 0 N–H and O–H groups in total. The Morgan fingerprint density at radius 2 is 1.79 bits per heavy atom. The average molecular weight is 352 g/mol. The molecule has 0 spiro atoms. The average Bonchev–Trinajstić information content (AvgIpc) is 2.82. The smallest absolute Gasteiger partial charge is 0.211 e. The SMILES string of the molecule is CS(=O)(=O)N1CCCN(C[C@H]2CCCN2Cc2ccccc2)CC1. The lowest BCUT2D eigenvalue weighted by atomic mass is 10.1. The van der Waals surface area contributed by atoms with E-state index in [1.165, 1.54) is 31.2 Å². The van der Waals surface area contributed by atoms with Crippen molar-refractivity contribution in [1.82, 2.24) is 14.1 Å². The lowest BCUT2D eigenvalue weighted by molar-refractivity contribution is 0.171. The molecule has 3 rings (SSSR count). The molecule has 134 valence electrons. The van der Waals surface area contributed by atoms with Crippen molar-refractivity contribution in [2.75, 3.05) is 45.5 Å². The van der Waals surface area contributed by atoms with Gasteiger partial charge in [-0.25, -0.2) is 12.7 Å². The predicted molar refractivity (Wildman–Crippen MR) is 97.3 cm³/mol. The molecule has 0 radical (unpaired) electrons. The number of hydrogen-bond acceptors (Lipinski definition) is 4. The molecule has 5 nitrogen and oxygen atoms in total. The third kappa shape index (κ3) is 4.79. The molecule has 2 heterocycles. The molecule has 0 saturated carbocycles. The zero-order chi connectivity index (χ0) is 17.0. The summed E-state index contributed by atoms with van der Waals surface area (Å²) in [5.74, 6) is 0. The van der Waals surface area contributed by atoms with Gasteiger partial charge in [0.1, 0.15) is 0 Å². The maximum atomic E-state index is 11.7. The van der Waals surface area contributed by atoms with Crippen LogP contribution in [0.3, 0.4) is 0 Å². The van der Waals surface area contributed by atoms with Gasteiger partial charge < -0.3 is 4.90 Å². The van der Waals surface area contributed by atoms with Gasteiger partial charge in [-0.15, -0.1) is 0 Å². The van der Waals surface area contributed by atoms with Crippen molar-refractivity contribution in [1.29, 1.82) is 0 Å². The van der Waals surface area contributed by atoms with Crippen LogP contribution in [0.1, 0.15) is 24.8 Å². The molecule has 0 bridgehead atoms. The zero-order valence-corrected chi connectivity index (χ0v) is 15.4. The lowest BCUT2D eigenvalue weighted by Gasteiger charge is -2.30. The Balaban J connectivity index is 1.55. The Labute approximate surface area is 146 Å². The molecule has 0 unspecified atom stereocenters. The molecule has 2 aliphatic heterocycles. The van der Waals surface area contributed by atoms with Crippen molar-refractivity contribution in [2.24, 2.45) is 0 Å². The molecule has 0 amide bonds.